The number of aryl methyl sites for hydroxylation is 1. The summed E-state index contributed by atoms with van der Waals surface area (Å²) in [5.74, 6) is -0.0633. The summed E-state index contributed by atoms with van der Waals surface area (Å²) in [4.78, 5) is 15.9. The lowest BCUT2D eigenvalue weighted by molar-refractivity contribution is -0.144. The molecule has 9 heteroatoms. The average Bonchev–Trinajstić information content (AvgIpc) is 2.93. The van der Waals surface area contributed by atoms with Crippen LogP contribution < -0.4 is 10.6 Å². The number of anilines is 1. The van der Waals surface area contributed by atoms with E-state index in [2.05, 4.69) is 20.7 Å². The molecule has 0 bridgehead atoms. The Bertz CT molecular complexity index is 742. The average molecular weight is 355 g/mol. The van der Waals surface area contributed by atoms with Crippen LogP contribution in [0.4, 0.5) is 19.0 Å². The Balaban J connectivity index is 2.06. The third-order valence-corrected chi connectivity index (χ3v) is 3.57. The van der Waals surface area contributed by atoms with Crippen molar-refractivity contribution in [3.05, 3.63) is 41.3 Å². The molecule has 2 rings (SSSR count). The van der Waals surface area contributed by atoms with Crippen molar-refractivity contribution >= 4 is 11.7 Å². The number of alkyl halides is 3. The van der Waals surface area contributed by atoms with E-state index in [-0.39, 0.29) is 18.4 Å². The first-order valence-corrected chi connectivity index (χ1v) is 7.75. The van der Waals surface area contributed by atoms with E-state index in [0.717, 1.165) is 10.7 Å². The molecule has 2 aromatic rings. The minimum absolute atomic E-state index is 0.0951. The van der Waals surface area contributed by atoms with E-state index in [4.69, 9.17) is 0 Å². The number of pyridine rings is 1. The molecule has 0 saturated heterocycles. The number of aromatic nitrogens is 3. The second-order valence-electron chi connectivity index (χ2n) is 5.82. The maximum absolute atomic E-state index is 13.0. The molecule has 1 unspecified atom stereocenters. The molecule has 1 atom stereocenters. The van der Waals surface area contributed by atoms with Gasteiger partial charge in [0.05, 0.1) is 11.3 Å². The molecular formula is C16H20F3N5O. The van der Waals surface area contributed by atoms with E-state index in [0.29, 0.717) is 23.6 Å². The fourth-order valence-corrected chi connectivity index (χ4v) is 2.41. The summed E-state index contributed by atoms with van der Waals surface area (Å²) in [5.41, 5.74) is -0.0667. The largest absolute Gasteiger partial charge is 0.433 e. The van der Waals surface area contributed by atoms with Crippen molar-refractivity contribution in [2.45, 2.75) is 26.6 Å². The number of nitrogens with one attached hydrogen (secondary N) is 2. The first-order valence-electron chi connectivity index (χ1n) is 7.75. The Morgan fingerprint density at radius 3 is 2.76 bits per heavy atom. The second kappa shape index (κ2) is 7.54. The van der Waals surface area contributed by atoms with Crippen molar-refractivity contribution in [3.63, 3.8) is 0 Å². The lowest BCUT2D eigenvalue weighted by Crippen LogP contribution is -2.24. The van der Waals surface area contributed by atoms with Gasteiger partial charge in [-0.15, -0.1) is 0 Å². The van der Waals surface area contributed by atoms with Gasteiger partial charge in [-0.05, 0) is 31.0 Å². The summed E-state index contributed by atoms with van der Waals surface area (Å²) in [5, 5.41) is 9.46. The van der Waals surface area contributed by atoms with Gasteiger partial charge in [0.25, 0.3) is 5.91 Å². The quantitative estimate of drug-likeness (QED) is 0.836. The molecule has 2 heterocycles. The van der Waals surface area contributed by atoms with Gasteiger partial charge in [0.1, 0.15) is 11.5 Å². The second-order valence-corrected chi connectivity index (χ2v) is 5.82. The number of halogens is 3. The highest BCUT2D eigenvalue weighted by molar-refractivity contribution is 5.98. The molecule has 0 fully saturated rings. The van der Waals surface area contributed by atoms with Crippen LogP contribution in [0, 0.1) is 12.8 Å². The molecule has 0 aliphatic heterocycles. The number of carbonyl (C=O) groups excluding carboxylic acids is 1. The fourth-order valence-electron chi connectivity index (χ4n) is 2.41. The van der Waals surface area contributed by atoms with Crippen molar-refractivity contribution in [2.75, 3.05) is 18.9 Å². The van der Waals surface area contributed by atoms with Crippen LogP contribution in [0.15, 0.2) is 24.4 Å². The number of hydrogen-bond acceptors (Lipinski definition) is 4. The lowest BCUT2D eigenvalue weighted by atomic mass is 10.1. The van der Waals surface area contributed by atoms with E-state index < -0.39 is 11.9 Å². The van der Waals surface area contributed by atoms with E-state index in [1.807, 2.05) is 0 Å². The van der Waals surface area contributed by atoms with E-state index in [9.17, 15) is 18.0 Å². The van der Waals surface area contributed by atoms with Gasteiger partial charge in [-0.1, -0.05) is 6.92 Å². The summed E-state index contributed by atoms with van der Waals surface area (Å²) < 4.78 is 40.0. The third kappa shape index (κ3) is 4.71. The number of rotatable bonds is 6. The van der Waals surface area contributed by atoms with Crippen LogP contribution in [0.5, 0.6) is 0 Å². The summed E-state index contributed by atoms with van der Waals surface area (Å²) in [6, 6.07) is 4.29. The summed E-state index contributed by atoms with van der Waals surface area (Å²) in [7, 11) is 1.51. The molecule has 0 spiro atoms. The van der Waals surface area contributed by atoms with E-state index in [1.54, 1.807) is 19.1 Å². The highest BCUT2D eigenvalue weighted by atomic mass is 19.4. The van der Waals surface area contributed by atoms with Gasteiger partial charge >= 0.3 is 6.18 Å². The SMILES string of the molecule is CNC(=O)c1cccnc1NCC(C)Cn1nc(C)cc1C(F)(F)F. The Labute approximate surface area is 143 Å². The molecular weight excluding hydrogens is 335 g/mol. The summed E-state index contributed by atoms with van der Waals surface area (Å²) in [6.07, 6.45) is -2.90. The Kier molecular flexibility index (Phi) is 5.66. The predicted octanol–water partition coefficient (Wildman–Crippen LogP) is 2.71. The Hall–Kier alpha value is -2.58. The zero-order valence-electron chi connectivity index (χ0n) is 14.2. The van der Waals surface area contributed by atoms with Crippen LogP contribution in [0.25, 0.3) is 0 Å². The first-order chi connectivity index (χ1) is 11.7. The Morgan fingerprint density at radius 1 is 1.40 bits per heavy atom. The normalized spacial score (nSPS) is 12.7. The van der Waals surface area contributed by atoms with Gasteiger partial charge in [-0.25, -0.2) is 4.98 Å². The van der Waals surface area contributed by atoms with Crippen molar-refractivity contribution in [1.82, 2.24) is 20.1 Å². The number of amides is 1. The molecule has 0 aliphatic rings. The highest BCUT2D eigenvalue weighted by Crippen LogP contribution is 2.30. The van der Waals surface area contributed by atoms with Gasteiger partial charge in [-0.2, -0.15) is 18.3 Å². The highest BCUT2D eigenvalue weighted by Gasteiger charge is 2.35. The zero-order chi connectivity index (χ0) is 18.6. The molecule has 136 valence electrons. The number of carbonyl (C=O) groups is 1. The molecule has 0 radical (unpaired) electrons. The topological polar surface area (TPSA) is 71.8 Å². The minimum atomic E-state index is -4.44. The van der Waals surface area contributed by atoms with Gasteiger partial charge in [-0.3, -0.25) is 9.48 Å². The predicted molar refractivity (Wildman–Crippen MR) is 87.2 cm³/mol. The van der Waals surface area contributed by atoms with Gasteiger partial charge < -0.3 is 10.6 Å². The molecule has 0 aromatic carbocycles. The number of hydrogen-bond donors (Lipinski definition) is 2. The van der Waals surface area contributed by atoms with E-state index >= 15 is 0 Å². The molecule has 0 saturated carbocycles. The van der Waals surface area contributed by atoms with Crippen LogP contribution in [0.2, 0.25) is 0 Å². The monoisotopic (exact) mass is 355 g/mol. The lowest BCUT2D eigenvalue weighted by Gasteiger charge is -2.17. The van der Waals surface area contributed by atoms with Crippen molar-refractivity contribution in [2.24, 2.45) is 5.92 Å². The standard InChI is InChI=1S/C16H20F3N5O/c1-10(9-24-13(16(17,18)19)7-11(2)23-24)8-22-14-12(15(25)20-3)5-4-6-21-14/h4-7,10H,8-9H2,1-3H3,(H,20,25)(H,21,22). The van der Waals surface area contributed by atoms with Crippen LogP contribution in [-0.4, -0.2) is 34.3 Å². The van der Waals surface area contributed by atoms with Crippen LogP contribution in [0.3, 0.4) is 0 Å². The van der Waals surface area contributed by atoms with Gasteiger partial charge in [0.2, 0.25) is 0 Å². The van der Waals surface area contributed by atoms with Gasteiger partial charge in [0, 0.05) is 26.3 Å². The van der Waals surface area contributed by atoms with E-state index in [1.165, 1.54) is 20.2 Å². The summed E-state index contributed by atoms with van der Waals surface area (Å²) >= 11 is 0. The molecule has 25 heavy (non-hydrogen) atoms. The molecule has 2 aromatic heterocycles. The summed E-state index contributed by atoms with van der Waals surface area (Å²) in [6.45, 7) is 3.76. The van der Waals surface area contributed by atoms with Gasteiger partial charge in [0.15, 0.2) is 0 Å². The Morgan fingerprint density at radius 2 is 2.12 bits per heavy atom. The van der Waals surface area contributed by atoms with Crippen molar-refractivity contribution in [1.29, 1.82) is 0 Å². The van der Waals surface area contributed by atoms with Crippen molar-refractivity contribution < 1.29 is 18.0 Å². The maximum atomic E-state index is 13.0. The first kappa shape index (κ1) is 18.8. The maximum Gasteiger partial charge on any atom is 0.433 e. The molecule has 6 nitrogen and oxygen atoms in total. The number of nitrogens with zero attached hydrogens (tertiary/aromatic N) is 3. The fraction of sp³-hybridized carbons (Fsp3) is 0.438. The third-order valence-electron chi connectivity index (χ3n) is 3.57. The van der Waals surface area contributed by atoms with Crippen LogP contribution >= 0.6 is 0 Å². The zero-order valence-corrected chi connectivity index (χ0v) is 14.2. The van der Waals surface area contributed by atoms with Crippen LogP contribution in [0.1, 0.15) is 28.7 Å². The minimum Gasteiger partial charge on any atom is -0.369 e. The van der Waals surface area contributed by atoms with Crippen molar-refractivity contribution in [3.8, 4) is 0 Å². The molecule has 1 amide bonds. The smallest absolute Gasteiger partial charge is 0.369 e. The molecule has 0 aliphatic carbocycles. The molecule has 2 N–H and O–H groups in total. The van der Waals surface area contributed by atoms with Crippen LogP contribution in [-0.2, 0) is 12.7 Å².